The molecule has 0 nitrogen and oxygen atoms in total. The van der Waals surface area contributed by atoms with E-state index in [1.807, 2.05) is 26.8 Å². The third-order valence-corrected chi connectivity index (χ3v) is 1.66. The Labute approximate surface area is 76.2 Å². The van der Waals surface area contributed by atoms with Crippen LogP contribution in [0.4, 0.5) is 4.39 Å². The van der Waals surface area contributed by atoms with Gasteiger partial charge in [-0.2, -0.15) is 0 Å². The van der Waals surface area contributed by atoms with Crippen LogP contribution in [0.25, 0.3) is 0 Å². The number of alkyl halides is 1. The van der Waals surface area contributed by atoms with Gasteiger partial charge in [0.15, 0.2) is 0 Å². The first-order valence-electron chi connectivity index (χ1n) is 4.61. The molecule has 0 fully saturated rings. The summed E-state index contributed by atoms with van der Waals surface area (Å²) >= 11 is 0. The maximum absolute atomic E-state index is 11.6. The van der Waals surface area contributed by atoms with Crippen LogP contribution in [0.15, 0.2) is 23.3 Å². The summed E-state index contributed by atoms with van der Waals surface area (Å²) in [6.07, 6.45) is 4.41. The quantitative estimate of drug-likeness (QED) is 0.557. The predicted molar refractivity (Wildman–Crippen MR) is 55.1 cm³/mol. The van der Waals surface area contributed by atoms with Crippen LogP contribution in [-0.4, -0.2) is 6.67 Å². The molecule has 0 aromatic heterocycles. The first kappa shape index (κ1) is 14.0. The second kappa shape index (κ2) is 10.4. The Morgan fingerprint density at radius 2 is 1.75 bits per heavy atom. The van der Waals surface area contributed by atoms with Crippen LogP contribution >= 0.6 is 0 Å². The molecule has 0 spiro atoms. The van der Waals surface area contributed by atoms with Crippen molar-refractivity contribution in [2.45, 2.75) is 41.0 Å². The zero-order valence-electron chi connectivity index (χ0n) is 8.95. The summed E-state index contributed by atoms with van der Waals surface area (Å²) in [5.41, 5.74) is 2.50. The van der Waals surface area contributed by atoms with Gasteiger partial charge in [0.2, 0.25) is 0 Å². The number of halogens is 1. The third kappa shape index (κ3) is 7.52. The zero-order chi connectivity index (χ0) is 9.98. The molecular weight excluding hydrogens is 151 g/mol. The van der Waals surface area contributed by atoms with Crippen molar-refractivity contribution in [3.05, 3.63) is 23.3 Å². The van der Waals surface area contributed by atoms with Crippen LogP contribution in [0.5, 0.6) is 0 Å². The summed E-state index contributed by atoms with van der Waals surface area (Å²) in [7, 11) is 0. The Hall–Kier alpha value is -0.590. The molecule has 0 saturated heterocycles. The molecule has 0 bridgehead atoms. The van der Waals surface area contributed by atoms with E-state index < -0.39 is 0 Å². The van der Waals surface area contributed by atoms with Gasteiger partial charge in [-0.25, -0.2) is 4.39 Å². The Bertz CT molecular complexity index is 143. The van der Waals surface area contributed by atoms with Gasteiger partial charge in [0, 0.05) is 0 Å². The van der Waals surface area contributed by atoms with E-state index >= 15 is 0 Å². The lowest BCUT2D eigenvalue weighted by Gasteiger charge is -1.97. The average molecular weight is 172 g/mol. The van der Waals surface area contributed by atoms with Gasteiger partial charge in [-0.3, -0.25) is 0 Å². The topological polar surface area (TPSA) is 0 Å². The van der Waals surface area contributed by atoms with E-state index in [0.29, 0.717) is 0 Å². The molecular formula is C11H21F. The Kier molecular flexibility index (Phi) is 12.1. The average Bonchev–Trinajstić information content (AvgIpc) is 2.16. The van der Waals surface area contributed by atoms with Gasteiger partial charge in [-0.15, -0.1) is 0 Å². The fraction of sp³-hybridized carbons (Fsp3) is 0.636. The van der Waals surface area contributed by atoms with Crippen LogP contribution in [0, 0.1) is 0 Å². The highest BCUT2D eigenvalue weighted by Crippen LogP contribution is 2.07. The molecule has 0 aliphatic heterocycles. The molecule has 1 heteroatoms. The van der Waals surface area contributed by atoms with Crippen LogP contribution in [0.2, 0.25) is 0 Å². The summed E-state index contributed by atoms with van der Waals surface area (Å²) in [5, 5.41) is 0. The number of hydrogen-bond donors (Lipinski definition) is 0. The molecule has 0 N–H and O–H groups in total. The molecule has 72 valence electrons. The van der Waals surface area contributed by atoms with Gasteiger partial charge in [0.1, 0.15) is 6.67 Å². The van der Waals surface area contributed by atoms with Crippen LogP contribution in [0.3, 0.4) is 0 Å². The highest BCUT2D eigenvalue weighted by molar-refractivity contribution is 5.21. The van der Waals surface area contributed by atoms with E-state index in [0.717, 1.165) is 6.42 Å². The number of rotatable bonds is 3. The highest BCUT2D eigenvalue weighted by Gasteiger charge is 1.87. The zero-order valence-corrected chi connectivity index (χ0v) is 8.95. The van der Waals surface area contributed by atoms with Crippen molar-refractivity contribution in [3.8, 4) is 0 Å². The van der Waals surface area contributed by atoms with E-state index in [1.165, 1.54) is 17.2 Å². The second-order valence-electron chi connectivity index (χ2n) is 2.37. The molecule has 0 aromatic carbocycles. The van der Waals surface area contributed by atoms with Crippen molar-refractivity contribution in [3.63, 3.8) is 0 Å². The van der Waals surface area contributed by atoms with E-state index in [9.17, 15) is 4.39 Å². The predicted octanol–water partition coefficient (Wildman–Crippen LogP) is 4.28. The van der Waals surface area contributed by atoms with Gasteiger partial charge >= 0.3 is 0 Å². The number of allylic oxidation sites excluding steroid dienone is 4. The van der Waals surface area contributed by atoms with E-state index in [4.69, 9.17) is 0 Å². The standard InChI is InChI=1S/C9H15F.C2H6/c1-4-8(2)9(3)6-5-7-10;1-2/h5-6H,4,7H2,1-3H3;1-2H3/b6-5-,9-8-;. The first-order valence-corrected chi connectivity index (χ1v) is 4.61. The van der Waals surface area contributed by atoms with E-state index in [2.05, 4.69) is 13.8 Å². The smallest absolute Gasteiger partial charge is 0.108 e. The third-order valence-electron chi connectivity index (χ3n) is 1.66. The molecule has 0 atom stereocenters. The van der Waals surface area contributed by atoms with Crippen molar-refractivity contribution >= 4 is 0 Å². The lowest BCUT2D eigenvalue weighted by atomic mass is 10.1. The van der Waals surface area contributed by atoms with Crippen molar-refractivity contribution in [2.75, 3.05) is 6.67 Å². The molecule has 12 heavy (non-hydrogen) atoms. The molecule has 0 aromatic rings. The fourth-order valence-corrected chi connectivity index (χ4v) is 0.642. The highest BCUT2D eigenvalue weighted by atomic mass is 19.1. The fourth-order valence-electron chi connectivity index (χ4n) is 0.642. The Morgan fingerprint density at radius 3 is 2.08 bits per heavy atom. The minimum absolute atomic E-state index is 0.367. The van der Waals surface area contributed by atoms with Crippen molar-refractivity contribution in [2.24, 2.45) is 0 Å². The Morgan fingerprint density at radius 1 is 1.25 bits per heavy atom. The van der Waals surface area contributed by atoms with Gasteiger partial charge in [0.25, 0.3) is 0 Å². The van der Waals surface area contributed by atoms with Crippen LogP contribution in [0.1, 0.15) is 41.0 Å². The monoisotopic (exact) mass is 172 g/mol. The molecule has 0 aliphatic carbocycles. The SMILES string of the molecule is CC.CC/C(C)=C(C)\C=C/CF. The maximum atomic E-state index is 11.6. The summed E-state index contributed by atoms with van der Waals surface area (Å²) in [5.74, 6) is 0. The largest absolute Gasteiger partial charge is 0.247 e. The minimum atomic E-state index is -0.367. The normalized spacial score (nSPS) is 12.2. The van der Waals surface area contributed by atoms with Crippen LogP contribution < -0.4 is 0 Å². The minimum Gasteiger partial charge on any atom is -0.247 e. The second-order valence-corrected chi connectivity index (χ2v) is 2.37. The molecule has 0 unspecified atom stereocenters. The lowest BCUT2D eigenvalue weighted by Crippen LogP contribution is -1.77. The summed E-state index contributed by atoms with van der Waals surface area (Å²) < 4.78 is 11.6. The number of hydrogen-bond acceptors (Lipinski definition) is 0. The first-order chi connectivity index (χ1) is 5.72. The molecule has 0 rings (SSSR count). The molecule has 0 aliphatic rings. The molecule has 0 amide bonds. The van der Waals surface area contributed by atoms with Gasteiger partial charge in [-0.05, 0) is 20.3 Å². The summed E-state index contributed by atoms with van der Waals surface area (Å²) in [6, 6.07) is 0. The van der Waals surface area contributed by atoms with Crippen molar-refractivity contribution in [1.82, 2.24) is 0 Å². The van der Waals surface area contributed by atoms with E-state index in [1.54, 1.807) is 0 Å². The molecule has 0 radical (unpaired) electrons. The lowest BCUT2D eigenvalue weighted by molar-refractivity contribution is 0.561. The molecule has 0 saturated carbocycles. The van der Waals surface area contributed by atoms with E-state index in [-0.39, 0.29) is 6.67 Å². The van der Waals surface area contributed by atoms with Gasteiger partial charge in [0.05, 0.1) is 0 Å². The van der Waals surface area contributed by atoms with Crippen molar-refractivity contribution < 1.29 is 4.39 Å². The molecule has 0 heterocycles. The maximum Gasteiger partial charge on any atom is 0.108 e. The Balaban J connectivity index is 0. The summed E-state index contributed by atoms with van der Waals surface area (Å²) in [6.45, 7) is 9.80. The van der Waals surface area contributed by atoms with Crippen molar-refractivity contribution in [1.29, 1.82) is 0 Å². The van der Waals surface area contributed by atoms with Gasteiger partial charge < -0.3 is 0 Å². The van der Waals surface area contributed by atoms with Gasteiger partial charge in [-0.1, -0.05) is 44.1 Å². The van der Waals surface area contributed by atoms with Crippen LogP contribution in [-0.2, 0) is 0 Å². The summed E-state index contributed by atoms with van der Waals surface area (Å²) in [4.78, 5) is 0.